The maximum atomic E-state index is 13.3. The minimum Gasteiger partial charge on any atom is -0.352 e. The minimum absolute atomic E-state index is 0.0426. The molecular weight excluding hydrogens is 241 g/mol. The summed E-state index contributed by atoms with van der Waals surface area (Å²) in [5.41, 5.74) is 3.02. The second-order valence-electron chi connectivity index (χ2n) is 5.51. The molecule has 1 amide bonds. The molecule has 0 aromatic heterocycles. The Hall–Kier alpha value is -1.64. The van der Waals surface area contributed by atoms with Gasteiger partial charge < -0.3 is 5.32 Å². The van der Waals surface area contributed by atoms with Crippen LogP contribution in [0.4, 0.5) is 4.39 Å². The molecule has 0 saturated heterocycles. The van der Waals surface area contributed by atoms with Crippen LogP contribution >= 0.6 is 0 Å². The summed E-state index contributed by atoms with van der Waals surface area (Å²) in [5.74, 6) is 0.405. The summed E-state index contributed by atoms with van der Waals surface area (Å²) in [4.78, 5) is 11.9. The molecule has 0 heterocycles. The Morgan fingerprint density at radius 1 is 1.37 bits per heavy atom. The van der Waals surface area contributed by atoms with Crippen LogP contribution in [-0.2, 0) is 11.2 Å². The average molecular weight is 259 g/mol. The Morgan fingerprint density at radius 2 is 2.21 bits per heavy atom. The number of hydrogen-bond acceptors (Lipinski definition) is 1. The molecule has 1 saturated carbocycles. The molecule has 1 aromatic carbocycles. The Balaban J connectivity index is 1.77. The fraction of sp³-hybridized carbons (Fsp3) is 0.438. The first-order chi connectivity index (χ1) is 9.22. The third kappa shape index (κ3) is 3.03. The molecule has 1 N–H and O–H groups in total. The molecule has 2 nitrogen and oxygen atoms in total. The third-order valence-electron chi connectivity index (χ3n) is 3.88. The van der Waals surface area contributed by atoms with E-state index in [-0.39, 0.29) is 11.7 Å². The predicted molar refractivity (Wildman–Crippen MR) is 73.0 cm³/mol. The summed E-state index contributed by atoms with van der Waals surface area (Å²) >= 11 is 0. The molecule has 100 valence electrons. The largest absolute Gasteiger partial charge is 0.352 e. The van der Waals surface area contributed by atoms with Crippen LogP contribution in [-0.4, -0.2) is 12.5 Å². The molecule has 3 heteroatoms. The highest BCUT2D eigenvalue weighted by Crippen LogP contribution is 2.31. The van der Waals surface area contributed by atoms with Crippen molar-refractivity contribution < 1.29 is 9.18 Å². The van der Waals surface area contributed by atoms with Crippen LogP contribution in [0.15, 0.2) is 24.3 Å². The standard InChI is InChI=1S/C16H18FNO/c17-14-7-6-12-2-1-3-13(15(12)9-14)8-16(19)18-10-11-4-5-11/h6-9,11H,1-5,10H2,(H,18,19). The number of halogens is 1. The van der Waals surface area contributed by atoms with Crippen molar-refractivity contribution in [2.75, 3.05) is 6.54 Å². The molecule has 2 aliphatic carbocycles. The summed E-state index contributed by atoms with van der Waals surface area (Å²) < 4.78 is 13.3. The molecular formula is C16H18FNO. The van der Waals surface area contributed by atoms with E-state index in [1.54, 1.807) is 12.1 Å². The molecule has 1 fully saturated rings. The summed E-state index contributed by atoms with van der Waals surface area (Å²) in [7, 11) is 0. The zero-order valence-electron chi connectivity index (χ0n) is 10.9. The maximum Gasteiger partial charge on any atom is 0.244 e. The van der Waals surface area contributed by atoms with Crippen LogP contribution in [0.2, 0.25) is 0 Å². The highest BCUT2D eigenvalue weighted by atomic mass is 19.1. The lowest BCUT2D eigenvalue weighted by Gasteiger charge is -2.19. The van der Waals surface area contributed by atoms with E-state index in [1.165, 1.54) is 18.9 Å². The molecule has 0 radical (unpaired) electrons. The number of amides is 1. The molecule has 2 aliphatic rings. The lowest BCUT2D eigenvalue weighted by atomic mass is 9.87. The van der Waals surface area contributed by atoms with Crippen LogP contribution in [0.1, 0.15) is 36.8 Å². The van der Waals surface area contributed by atoms with E-state index in [2.05, 4.69) is 5.32 Å². The van der Waals surface area contributed by atoms with Crippen LogP contribution in [0.3, 0.4) is 0 Å². The number of allylic oxidation sites excluding steroid dienone is 1. The first-order valence-corrected chi connectivity index (χ1v) is 6.99. The van der Waals surface area contributed by atoms with E-state index in [0.717, 1.165) is 42.5 Å². The van der Waals surface area contributed by atoms with Gasteiger partial charge in [-0.2, -0.15) is 0 Å². The molecule has 0 aliphatic heterocycles. The lowest BCUT2D eigenvalue weighted by molar-refractivity contribution is -0.116. The number of nitrogens with one attached hydrogen (secondary N) is 1. The maximum absolute atomic E-state index is 13.3. The van der Waals surface area contributed by atoms with Crippen LogP contribution in [0, 0.1) is 11.7 Å². The van der Waals surface area contributed by atoms with Gasteiger partial charge in [0.05, 0.1) is 0 Å². The van der Waals surface area contributed by atoms with E-state index in [9.17, 15) is 9.18 Å². The van der Waals surface area contributed by atoms with Crippen molar-refractivity contribution in [1.82, 2.24) is 5.32 Å². The van der Waals surface area contributed by atoms with Gasteiger partial charge >= 0.3 is 0 Å². The quantitative estimate of drug-likeness (QED) is 0.830. The fourth-order valence-corrected chi connectivity index (χ4v) is 2.60. The van der Waals surface area contributed by atoms with Gasteiger partial charge in [-0.15, -0.1) is 0 Å². The van der Waals surface area contributed by atoms with Crippen molar-refractivity contribution in [3.8, 4) is 0 Å². The Labute approximate surface area is 112 Å². The lowest BCUT2D eigenvalue weighted by Crippen LogP contribution is -2.24. The summed E-state index contributed by atoms with van der Waals surface area (Å²) in [6.45, 7) is 0.776. The van der Waals surface area contributed by atoms with Crippen molar-refractivity contribution in [2.24, 2.45) is 5.92 Å². The van der Waals surface area contributed by atoms with E-state index < -0.39 is 0 Å². The van der Waals surface area contributed by atoms with Gasteiger partial charge in [0, 0.05) is 12.6 Å². The van der Waals surface area contributed by atoms with Gasteiger partial charge in [-0.1, -0.05) is 6.07 Å². The van der Waals surface area contributed by atoms with Crippen LogP contribution in [0.5, 0.6) is 0 Å². The zero-order chi connectivity index (χ0) is 13.2. The van der Waals surface area contributed by atoms with Crippen molar-refractivity contribution in [3.63, 3.8) is 0 Å². The first-order valence-electron chi connectivity index (χ1n) is 6.99. The number of carbonyl (C=O) groups is 1. The summed E-state index contributed by atoms with van der Waals surface area (Å²) in [6, 6.07) is 4.88. The van der Waals surface area contributed by atoms with E-state index in [4.69, 9.17) is 0 Å². The van der Waals surface area contributed by atoms with Gasteiger partial charge in [0.2, 0.25) is 5.91 Å². The highest BCUT2D eigenvalue weighted by Gasteiger charge is 2.21. The highest BCUT2D eigenvalue weighted by molar-refractivity contribution is 5.95. The monoisotopic (exact) mass is 259 g/mol. The zero-order valence-corrected chi connectivity index (χ0v) is 10.9. The fourth-order valence-electron chi connectivity index (χ4n) is 2.60. The molecule has 3 rings (SSSR count). The van der Waals surface area contributed by atoms with Crippen molar-refractivity contribution >= 4 is 11.5 Å². The number of hydrogen-bond donors (Lipinski definition) is 1. The molecule has 0 spiro atoms. The van der Waals surface area contributed by atoms with Gasteiger partial charge in [0.1, 0.15) is 5.82 Å². The smallest absolute Gasteiger partial charge is 0.244 e. The molecule has 0 bridgehead atoms. The predicted octanol–water partition coefficient (Wildman–Crippen LogP) is 3.07. The van der Waals surface area contributed by atoms with E-state index >= 15 is 0 Å². The van der Waals surface area contributed by atoms with Gasteiger partial charge in [-0.3, -0.25) is 4.79 Å². The second kappa shape index (κ2) is 5.16. The molecule has 0 unspecified atom stereocenters. The molecule has 19 heavy (non-hydrogen) atoms. The summed E-state index contributed by atoms with van der Waals surface area (Å²) in [5, 5.41) is 2.93. The van der Waals surface area contributed by atoms with Crippen molar-refractivity contribution in [3.05, 3.63) is 41.2 Å². The number of rotatable bonds is 3. The summed E-state index contributed by atoms with van der Waals surface area (Å²) in [6.07, 6.45) is 6.96. The van der Waals surface area contributed by atoms with Crippen LogP contribution in [0.25, 0.3) is 5.57 Å². The first kappa shape index (κ1) is 12.4. The van der Waals surface area contributed by atoms with Crippen molar-refractivity contribution in [2.45, 2.75) is 32.1 Å². The van der Waals surface area contributed by atoms with Gasteiger partial charge in [0.25, 0.3) is 0 Å². The SMILES string of the molecule is O=C(C=C1CCCc2ccc(F)cc21)NCC1CC1. The second-order valence-corrected chi connectivity index (χ2v) is 5.51. The molecule has 0 atom stereocenters. The van der Waals surface area contributed by atoms with E-state index in [0.29, 0.717) is 5.92 Å². The Bertz CT molecular complexity index is 532. The van der Waals surface area contributed by atoms with Crippen molar-refractivity contribution in [1.29, 1.82) is 0 Å². The number of benzene rings is 1. The average Bonchev–Trinajstić information content (AvgIpc) is 3.21. The normalized spacial score (nSPS) is 20.2. The number of carbonyl (C=O) groups excluding carboxylic acids is 1. The third-order valence-corrected chi connectivity index (χ3v) is 3.88. The van der Waals surface area contributed by atoms with Gasteiger partial charge in [-0.25, -0.2) is 4.39 Å². The number of fused-ring (bicyclic) bond motifs is 1. The van der Waals surface area contributed by atoms with Gasteiger partial charge in [-0.05, 0) is 66.9 Å². The Kier molecular flexibility index (Phi) is 3.36. The minimum atomic E-state index is -0.232. The van der Waals surface area contributed by atoms with Gasteiger partial charge in [0.15, 0.2) is 0 Å². The van der Waals surface area contributed by atoms with E-state index in [1.807, 2.05) is 6.07 Å². The number of aryl methyl sites for hydroxylation is 1. The van der Waals surface area contributed by atoms with Crippen LogP contribution < -0.4 is 5.32 Å². The molecule has 1 aromatic rings. The topological polar surface area (TPSA) is 29.1 Å². The Morgan fingerprint density at radius 3 is 3.00 bits per heavy atom.